The number of hydrogen-bond acceptors (Lipinski definition) is 3. The van der Waals surface area contributed by atoms with Gasteiger partial charge in [-0.25, -0.2) is 0 Å². The fraction of sp³-hybridized carbons (Fsp3) is 0.286. The maximum atomic E-state index is 12.4. The van der Waals surface area contributed by atoms with E-state index in [1.807, 2.05) is 41.3 Å². The Morgan fingerprint density at radius 1 is 1.12 bits per heavy atom. The molecule has 0 bridgehead atoms. The lowest BCUT2D eigenvalue weighted by Crippen LogP contribution is -2.41. The lowest BCUT2D eigenvalue weighted by Gasteiger charge is -2.32. The van der Waals surface area contributed by atoms with E-state index in [2.05, 4.69) is 10.3 Å². The van der Waals surface area contributed by atoms with Crippen LogP contribution < -0.4 is 5.32 Å². The number of amides is 2. The van der Waals surface area contributed by atoms with Crippen molar-refractivity contribution < 1.29 is 9.59 Å². The monoisotopic (exact) mass is 349 g/mol. The third-order valence-electron chi connectivity index (χ3n) is 4.60. The molecule has 1 aromatic heterocycles. The largest absolute Gasteiger partial charge is 0.352 e. The van der Waals surface area contributed by atoms with Crippen LogP contribution in [-0.4, -0.2) is 41.3 Å². The predicted octanol–water partition coefficient (Wildman–Crippen LogP) is 2.76. The zero-order valence-corrected chi connectivity index (χ0v) is 14.7. The van der Waals surface area contributed by atoms with Crippen molar-refractivity contribution in [2.45, 2.75) is 12.8 Å². The van der Waals surface area contributed by atoms with Gasteiger partial charge >= 0.3 is 0 Å². The fourth-order valence-electron chi connectivity index (χ4n) is 3.05. The normalized spacial score (nSPS) is 15.2. The second kappa shape index (κ2) is 8.94. The average molecular weight is 349 g/mol. The topological polar surface area (TPSA) is 62.3 Å². The van der Waals surface area contributed by atoms with E-state index in [9.17, 15) is 9.59 Å². The molecule has 134 valence electrons. The van der Waals surface area contributed by atoms with Gasteiger partial charge in [0.2, 0.25) is 5.91 Å². The molecule has 0 radical (unpaired) electrons. The molecule has 26 heavy (non-hydrogen) atoms. The summed E-state index contributed by atoms with van der Waals surface area (Å²) in [5.41, 5.74) is 1.63. The minimum Gasteiger partial charge on any atom is -0.352 e. The maximum absolute atomic E-state index is 12.4. The van der Waals surface area contributed by atoms with E-state index in [-0.39, 0.29) is 11.8 Å². The summed E-state index contributed by atoms with van der Waals surface area (Å²) in [5, 5.41) is 2.96. The molecule has 2 aromatic rings. The van der Waals surface area contributed by atoms with Crippen molar-refractivity contribution in [3.05, 3.63) is 72.1 Å². The van der Waals surface area contributed by atoms with Crippen molar-refractivity contribution in [3.8, 4) is 0 Å². The van der Waals surface area contributed by atoms with Crippen molar-refractivity contribution >= 4 is 17.9 Å². The smallest absolute Gasteiger partial charge is 0.255 e. The Morgan fingerprint density at radius 2 is 1.88 bits per heavy atom. The molecule has 2 amide bonds. The standard InChI is InChI=1S/C21H23N3O2/c25-20(9-8-17-5-2-1-3-6-17)23-15-18-10-13-24(14-11-18)21(26)19-7-4-12-22-16-19/h1-9,12,16,18H,10-11,13-15H2,(H,23,25)/b9-8+. The highest BCUT2D eigenvalue weighted by atomic mass is 16.2. The summed E-state index contributed by atoms with van der Waals surface area (Å²) in [4.78, 5) is 30.2. The molecule has 5 nitrogen and oxygen atoms in total. The molecular weight excluding hydrogens is 326 g/mol. The number of hydrogen-bond donors (Lipinski definition) is 1. The SMILES string of the molecule is O=C(/C=C/c1ccccc1)NCC1CCN(C(=O)c2cccnc2)CC1. The van der Waals surface area contributed by atoms with E-state index in [1.54, 1.807) is 30.6 Å². The molecule has 1 N–H and O–H groups in total. The number of carbonyl (C=O) groups excluding carboxylic acids is 2. The summed E-state index contributed by atoms with van der Waals surface area (Å²) in [6.45, 7) is 2.08. The maximum Gasteiger partial charge on any atom is 0.255 e. The molecule has 3 rings (SSSR count). The Bertz CT molecular complexity index is 751. The number of benzene rings is 1. The predicted molar refractivity (Wildman–Crippen MR) is 101 cm³/mol. The van der Waals surface area contributed by atoms with Gasteiger partial charge in [-0.15, -0.1) is 0 Å². The van der Waals surface area contributed by atoms with E-state index in [0.29, 0.717) is 31.1 Å². The van der Waals surface area contributed by atoms with Crippen LogP contribution in [0.4, 0.5) is 0 Å². The average Bonchev–Trinajstić information content (AvgIpc) is 2.72. The minimum atomic E-state index is -0.0808. The molecular formula is C21H23N3O2. The first-order chi connectivity index (χ1) is 12.7. The first-order valence-corrected chi connectivity index (χ1v) is 8.92. The highest BCUT2D eigenvalue weighted by molar-refractivity contribution is 5.94. The molecule has 0 unspecified atom stereocenters. The summed E-state index contributed by atoms with van der Waals surface area (Å²) < 4.78 is 0. The van der Waals surface area contributed by atoms with E-state index in [0.717, 1.165) is 18.4 Å². The molecule has 5 heteroatoms. The van der Waals surface area contributed by atoms with Gasteiger partial charge in [-0.1, -0.05) is 30.3 Å². The van der Waals surface area contributed by atoms with E-state index in [4.69, 9.17) is 0 Å². The van der Waals surface area contributed by atoms with Gasteiger partial charge in [-0.05, 0) is 42.5 Å². The number of pyridine rings is 1. The number of nitrogens with zero attached hydrogens (tertiary/aromatic N) is 2. The Hall–Kier alpha value is -2.95. The summed E-state index contributed by atoms with van der Waals surface area (Å²) in [6.07, 6.45) is 8.44. The Morgan fingerprint density at radius 3 is 2.58 bits per heavy atom. The molecule has 1 aromatic carbocycles. The van der Waals surface area contributed by atoms with Crippen LogP contribution in [0.15, 0.2) is 60.9 Å². The van der Waals surface area contributed by atoms with Gasteiger partial charge in [0.25, 0.3) is 5.91 Å². The zero-order chi connectivity index (χ0) is 18.2. The van der Waals surface area contributed by atoms with Crippen LogP contribution in [0.1, 0.15) is 28.8 Å². The van der Waals surface area contributed by atoms with Crippen LogP contribution >= 0.6 is 0 Å². The van der Waals surface area contributed by atoms with Crippen molar-refractivity contribution in [3.63, 3.8) is 0 Å². The minimum absolute atomic E-state index is 0.0337. The van der Waals surface area contributed by atoms with E-state index in [1.165, 1.54) is 0 Å². The molecule has 0 saturated carbocycles. The van der Waals surface area contributed by atoms with Crippen LogP contribution in [0.3, 0.4) is 0 Å². The first-order valence-electron chi connectivity index (χ1n) is 8.92. The molecule has 1 aliphatic heterocycles. The van der Waals surface area contributed by atoms with Crippen molar-refractivity contribution in [2.24, 2.45) is 5.92 Å². The fourth-order valence-corrected chi connectivity index (χ4v) is 3.05. The summed E-state index contributed by atoms with van der Waals surface area (Å²) >= 11 is 0. The van der Waals surface area contributed by atoms with Gasteiger partial charge in [0.1, 0.15) is 0 Å². The van der Waals surface area contributed by atoms with Crippen LogP contribution in [-0.2, 0) is 4.79 Å². The number of piperidine rings is 1. The highest BCUT2D eigenvalue weighted by Gasteiger charge is 2.23. The number of nitrogens with one attached hydrogen (secondary N) is 1. The third-order valence-corrected chi connectivity index (χ3v) is 4.60. The second-order valence-corrected chi connectivity index (χ2v) is 6.47. The summed E-state index contributed by atoms with van der Waals surface area (Å²) in [6, 6.07) is 13.3. The number of aromatic nitrogens is 1. The van der Waals surface area contributed by atoms with Crippen LogP contribution in [0.2, 0.25) is 0 Å². The van der Waals surface area contributed by atoms with Crippen molar-refractivity contribution in [2.75, 3.05) is 19.6 Å². The number of rotatable bonds is 5. The molecule has 0 atom stereocenters. The lowest BCUT2D eigenvalue weighted by molar-refractivity contribution is -0.116. The van der Waals surface area contributed by atoms with E-state index < -0.39 is 0 Å². The van der Waals surface area contributed by atoms with Gasteiger partial charge in [-0.3, -0.25) is 14.6 Å². The molecule has 1 fully saturated rings. The van der Waals surface area contributed by atoms with E-state index >= 15 is 0 Å². The van der Waals surface area contributed by atoms with Crippen molar-refractivity contribution in [1.29, 1.82) is 0 Å². The molecule has 0 aliphatic carbocycles. The van der Waals surface area contributed by atoms with Gasteiger partial charge in [0, 0.05) is 38.1 Å². The van der Waals surface area contributed by atoms with Crippen LogP contribution in [0, 0.1) is 5.92 Å². The van der Waals surface area contributed by atoms with Gasteiger partial charge < -0.3 is 10.2 Å². The Labute approximate surface area is 153 Å². The van der Waals surface area contributed by atoms with Crippen LogP contribution in [0.25, 0.3) is 6.08 Å². The molecule has 2 heterocycles. The first kappa shape index (κ1) is 17.9. The molecule has 0 spiro atoms. The lowest BCUT2D eigenvalue weighted by atomic mass is 9.96. The highest BCUT2D eigenvalue weighted by Crippen LogP contribution is 2.18. The third kappa shape index (κ3) is 5.02. The molecule has 1 aliphatic rings. The second-order valence-electron chi connectivity index (χ2n) is 6.47. The van der Waals surface area contributed by atoms with Crippen molar-refractivity contribution in [1.82, 2.24) is 15.2 Å². The van der Waals surface area contributed by atoms with Gasteiger partial charge in [-0.2, -0.15) is 0 Å². The Balaban J connectivity index is 1.41. The summed E-state index contributed by atoms with van der Waals surface area (Å²) in [5.74, 6) is 0.358. The number of carbonyl (C=O) groups is 2. The van der Waals surface area contributed by atoms with Gasteiger partial charge in [0.15, 0.2) is 0 Å². The summed E-state index contributed by atoms with van der Waals surface area (Å²) in [7, 11) is 0. The number of likely N-dealkylation sites (tertiary alicyclic amines) is 1. The zero-order valence-electron chi connectivity index (χ0n) is 14.7. The van der Waals surface area contributed by atoms with Crippen LogP contribution in [0.5, 0.6) is 0 Å². The quantitative estimate of drug-likeness (QED) is 0.845. The van der Waals surface area contributed by atoms with Gasteiger partial charge in [0.05, 0.1) is 5.56 Å². The Kier molecular flexibility index (Phi) is 6.14. The molecule has 1 saturated heterocycles.